The van der Waals surface area contributed by atoms with E-state index in [0.717, 1.165) is 21.9 Å². The molecule has 24 heavy (non-hydrogen) atoms. The van der Waals surface area contributed by atoms with E-state index in [1.807, 2.05) is 24.3 Å². The summed E-state index contributed by atoms with van der Waals surface area (Å²) in [6.45, 7) is 0.137. The van der Waals surface area contributed by atoms with E-state index in [1.54, 1.807) is 12.1 Å². The number of amides is 1. The number of amidine groups is 1. The van der Waals surface area contributed by atoms with E-state index in [4.69, 9.17) is 0 Å². The highest BCUT2D eigenvalue weighted by molar-refractivity contribution is 8.14. The minimum Gasteiger partial charge on any atom is -0.375 e. The molecular weight excluding hydrogens is 345 g/mol. The van der Waals surface area contributed by atoms with E-state index in [9.17, 15) is 9.18 Å². The molecule has 1 heterocycles. The monoisotopic (exact) mass is 361 g/mol. The number of hydrogen-bond donors (Lipinski definition) is 3. The predicted molar refractivity (Wildman–Crippen MR) is 99.4 cm³/mol. The lowest BCUT2D eigenvalue weighted by Gasteiger charge is -2.08. The normalized spacial score (nSPS) is 16.6. The van der Waals surface area contributed by atoms with Crippen LogP contribution in [0.25, 0.3) is 0 Å². The van der Waals surface area contributed by atoms with Crippen LogP contribution in [0.5, 0.6) is 0 Å². The van der Waals surface area contributed by atoms with Crippen molar-refractivity contribution >= 4 is 41.2 Å². The lowest BCUT2D eigenvalue weighted by atomic mass is 10.1. The number of benzene rings is 2. The van der Waals surface area contributed by atoms with Gasteiger partial charge in [0.1, 0.15) is 5.82 Å². The first kappa shape index (κ1) is 16.9. The van der Waals surface area contributed by atoms with E-state index >= 15 is 0 Å². The molecule has 0 radical (unpaired) electrons. The minimum atomic E-state index is -0.266. The lowest BCUT2D eigenvalue weighted by molar-refractivity contribution is -0.117. The van der Waals surface area contributed by atoms with Crippen LogP contribution in [0.2, 0.25) is 0 Å². The highest BCUT2D eigenvalue weighted by atomic mass is 32.2. The molecule has 1 atom stereocenters. The van der Waals surface area contributed by atoms with Gasteiger partial charge in [-0.25, -0.2) is 4.39 Å². The van der Waals surface area contributed by atoms with Crippen molar-refractivity contribution in [3.8, 4) is 0 Å². The standard InChI is InChI=1S/C17H16FN3OS2/c18-12-7-5-11(6-8-12)14-10-24-17(20-14)21-16(22)9-19-13-3-1-2-4-15(13)23/h1-8,14,19,23H,9-10H2,(H,20,21,22). The van der Waals surface area contributed by atoms with Crippen molar-refractivity contribution in [1.29, 1.82) is 0 Å². The molecule has 3 rings (SSSR count). The zero-order valence-corrected chi connectivity index (χ0v) is 14.4. The summed E-state index contributed by atoms with van der Waals surface area (Å²) in [5, 5.41) is 6.43. The predicted octanol–water partition coefficient (Wildman–Crippen LogP) is 3.49. The van der Waals surface area contributed by atoms with Gasteiger partial charge in [0.05, 0.1) is 12.6 Å². The molecule has 0 fully saturated rings. The Kier molecular flexibility index (Phi) is 5.42. The molecule has 0 saturated heterocycles. The molecule has 1 aliphatic heterocycles. The van der Waals surface area contributed by atoms with Gasteiger partial charge in [-0.2, -0.15) is 0 Å². The van der Waals surface area contributed by atoms with Crippen molar-refractivity contribution in [3.05, 3.63) is 59.9 Å². The molecule has 1 aliphatic rings. The van der Waals surface area contributed by atoms with Gasteiger partial charge in [0, 0.05) is 16.3 Å². The van der Waals surface area contributed by atoms with Gasteiger partial charge in [0.2, 0.25) is 5.91 Å². The van der Waals surface area contributed by atoms with E-state index < -0.39 is 0 Å². The van der Waals surface area contributed by atoms with Crippen LogP contribution in [-0.2, 0) is 4.79 Å². The fraction of sp³-hybridized carbons (Fsp3) is 0.176. The zero-order chi connectivity index (χ0) is 16.9. The Morgan fingerprint density at radius 1 is 1.25 bits per heavy atom. The molecule has 0 saturated carbocycles. The SMILES string of the molecule is O=C(CNc1ccccc1S)NC1=NC(c2ccc(F)cc2)CS1. The van der Waals surface area contributed by atoms with Gasteiger partial charge < -0.3 is 10.6 Å². The third-order valence-electron chi connectivity index (χ3n) is 3.50. The number of hydrogen-bond acceptors (Lipinski definition) is 5. The highest BCUT2D eigenvalue weighted by Gasteiger charge is 2.21. The van der Waals surface area contributed by atoms with Crippen molar-refractivity contribution in [2.24, 2.45) is 4.99 Å². The van der Waals surface area contributed by atoms with E-state index in [2.05, 4.69) is 28.3 Å². The number of rotatable bonds is 4. The van der Waals surface area contributed by atoms with Crippen LogP contribution in [0.1, 0.15) is 11.6 Å². The molecule has 2 N–H and O–H groups in total. The average Bonchev–Trinajstić information content (AvgIpc) is 3.03. The first-order chi connectivity index (χ1) is 11.6. The van der Waals surface area contributed by atoms with E-state index in [0.29, 0.717) is 5.17 Å². The first-order valence-corrected chi connectivity index (χ1v) is 8.83. The fourth-order valence-electron chi connectivity index (χ4n) is 2.26. The van der Waals surface area contributed by atoms with Crippen LogP contribution in [0.3, 0.4) is 0 Å². The molecular formula is C17H16FN3OS2. The quantitative estimate of drug-likeness (QED) is 0.731. The molecule has 0 aliphatic carbocycles. The van der Waals surface area contributed by atoms with Gasteiger partial charge in [0.15, 0.2) is 5.17 Å². The molecule has 0 aromatic heterocycles. The number of carbonyl (C=O) groups excluding carboxylic acids is 1. The summed E-state index contributed by atoms with van der Waals surface area (Å²) in [5.41, 5.74) is 1.75. The number of thioether (sulfide) groups is 1. The molecule has 2 aromatic carbocycles. The largest absolute Gasteiger partial charge is 0.375 e. The van der Waals surface area contributed by atoms with Crippen LogP contribution in [0.15, 0.2) is 58.4 Å². The number of carbonyl (C=O) groups is 1. The Labute approximate surface area is 149 Å². The van der Waals surface area contributed by atoms with E-state index in [1.165, 1.54) is 23.9 Å². The molecule has 0 bridgehead atoms. The number of anilines is 1. The number of para-hydroxylation sites is 1. The topological polar surface area (TPSA) is 53.5 Å². The van der Waals surface area contributed by atoms with Gasteiger partial charge >= 0.3 is 0 Å². The molecule has 7 heteroatoms. The number of aliphatic imine (C=N–C) groups is 1. The van der Waals surface area contributed by atoms with Crippen molar-refractivity contribution < 1.29 is 9.18 Å². The van der Waals surface area contributed by atoms with Gasteiger partial charge in [-0.1, -0.05) is 36.0 Å². The third kappa shape index (κ3) is 4.30. The highest BCUT2D eigenvalue weighted by Crippen LogP contribution is 2.29. The smallest absolute Gasteiger partial charge is 0.245 e. The van der Waals surface area contributed by atoms with Crippen molar-refractivity contribution in [2.75, 3.05) is 17.6 Å². The summed E-state index contributed by atoms with van der Waals surface area (Å²) in [4.78, 5) is 17.3. The van der Waals surface area contributed by atoms with Crippen LogP contribution >= 0.6 is 24.4 Å². The first-order valence-electron chi connectivity index (χ1n) is 7.39. The summed E-state index contributed by atoms with van der Waals surface area (Å²) < 4.78 is 13.0. The maximum absolute atomic E-state index is 13.0. The second-order valence-electron chi connectivity index (χ2n) is 5.23. The molecule has 4 nitrogen and oxygen atoms in total. The molecule has 0 spiro atoms. The summed E-state index contributed by atoms with van der Waals surface area (Å²) in [7, 11) is 0. The van der Waals surface area contributed by atoms with Gasteiger partial charge in [0.25, 0.3) is 0 Å². The second-order valence-corrected chi connectivity index (χ2v) is 6.72. The fourth-order valence-corrected chi connectivity index (χ4v) is 3.47. The second kappa shape index (κ2) is 7.72. The number of halogens is 1. The number of nitrogens with one attached hydrogen (secondary N) is 2. The Balaban J connectivity index is 1.54. The molecule has 1 unspecified atom stereocenters. The van der Waals surface area contributed by atoms with Crippen molar-refractivity contribution in [1.82, 2.24) is 5.32 Å². The summed E-state index contributed by atoms with van der Waals surface area (Å²) in [6, 6.07) is 13.7. The summed E-state index contributed by atoms with van der Waals surface area (Å²) >= 11 is 5.81. The lowest BCUT2D eigenvalue weighted by Crippen LogP contribution is -2.32. The summed E-state index contributed by atoms with van der Waals surface area (Å²) in [5.74, 6) is 0.295. The molecule has 1 amide bonds. The number of thiol groups is 1. The third-order valence-corrected chi connectivity index (χ3v) is 4.85. The Morgan fingerprint density at radius 3 is 2.75 bits per heavy atom. The van der Waals surface area contributed by atoms with Crippen LogP contribution in [0, 0.1) is 5.82 Å². The van der Waals surface area contributed by atoms with E-state index in [-0.39, 0.29) is 24.3 Å². The molecule has 2 aromatic rings. The van der Waals surface area contributed by atoms with Crippen LogP contribution in [0.4, 0.5) is 10.1 Å². The van der Waals surface area contributed by atoms with Gasteiger partial charge in [-0.3, -0.25) is 9.79 Å². The minimum absolute atomic E-state index is 0.0583. The van der Waals surface area contributed by atoms with Crippen molar-refractivity contribution in [2.45, 2.75) is 10.9 Å². The number of nitrogens with zero attached hydrogens (tertiary/aromatic N) is 1. The van der Waals surface area contributed by atoms with Crippen molar-refractivity contribution in [3.63, 3.8) is 0 Å². The zero-order valence-electron chi connectivity index (χ0n) is 12.7. The Hall–Kier alpha value is -1.99. The van der Waals surface area contributed by atoms with Gasteiger partial charge in [-0.05, 0) is 29.8 Å². The maximum atomic E-state index is 13.0. The molecule has 124 valence electrons. The Morgan fingerprint density at radius 2 is 2.00 bits per heavy atom. The summed E-state index contributed by atoms with van der Waals surface area (Å²) in [6.07, 6.45) is 0. The van der Waals surface area contributed by atoms with Crippen LogP contribution < -0.4 is 10.6 Å². The van der Waals surface area contributed by atoms with Crippen LogP contribution in [-0.4, -0.2) is 23.4 Å². The average molecular weight is 361 g/mol. The maximum Gasteiger partial charge on any atom is 0.245 e. The van der Waals surface area contributed by atoms with Gasteiger partial charge in [-0.15, -0.1) is 12.6 Å². The Bertz CT molecular complexity index is 765.